The summed E-state index contributed by atoms with van der Waals surface area (Å²) in [5, 5.41) is 17.3. The molecule has 1 amide bonds. The van der Waals surface area contributed by atoms with Gasteiger partial charge in [-0.05, 0) is 38.8 Å². The Labute approximate surface area is 129 Å². The zero-order chi connectivity index (χ0) is 14.7. The van der Waals surface area contributed by atoms with Crippen LogP contribution in [0.1, 0.15) is 35.7 Å². The Bertz CT molecular complexity index is 536. The molecule has 1 aliphatic heterocycles. The number of halogens is 1. The van der Waals surface area contributed by atoms with Crippen molar-refractivity contribution in [2.45, 2.75) is 38.8 Å². The predicted octanol–water partition coefficient (Wildman–Crippen LogP) is 2.20. The Morgan fingerprint density at radius 1 is 1.48 bits per heavy atom. The summed E-state index contributed by atoms with van der Waals surface area (Å²) in [5.74, 6) is -0.365. The fourth-order valence-electron chi connectivity index (χ4n) is 2.58. The minimum absolute atomic E-state index is 0. The largest absolute Gasteiger partial charge is 0.348 e. The van der Waals surface area contributed by atoms with Crippen molar-refractivity contribution in [3.63, 3.8) is 0 Å². The number of benzene rings is 1. The molecule has 0 radical (unpaired) electrons. The molecule has 1 fully saturated rings. The highest BCUT2D eigenvalue weighted by atomic mass is 35.5. The average Bonchev–Trinajstić information content (AvgIpc) is 2.40. The Hall–Kier alpha value is -1.66. The number of carbonyl (C=O) groups excluding carboxylic acids is 1. The van der Waals surface area contributed by atoms with Crippen molar-refractivity contribution in [3.05, 3.63) is 39.4 Å². The van der Waals surface area contributed by atoms with Gasteiger partial charge in [0.05, 0.1) is 4.92 Å². The summed E-state index contributed by atoms with van der Waals surface area (Å²) in [6, 6.07) is 4.86. The number of nitrogens with zero attached hydrogens (tertiary/aromatic N) is 1. The molecule has 7 heteroatoms. The topological polar surface area (TPSA) is 84.3 Å². The SMILES string of the molecule is Cc1cccc([N+](=O)[O-])c1C(=O)NC1CCCNC1C.Cl. The van der Waals surface area contributed by atoms with Crippen LogP contribution in [0.15, 0.2) is 18.2 Å². The molecular formula is C14H20ClN3O3. The minimum Gasteiger partial charge on any atom is -0.348 e. The second-order valence-corrected chi connectivity index (χ2v) is 5.19. The molecule has 1 aromatic rings. The molecule has 2 N–H and O–H groups in total. The van der Waals surface area contributed by atoms with Gasteiger partial charge in [0, 0.05) is 18.2 Å². The van der Waals surface area contributed by atoms with Crippen LogP contribution in [-0.4, -0.2) is 29.5 Å². The molecule has 2 rings (SSSR count). The number of piperidine rings is 1. The van der Waals surface area contributed by atoms with Crippen LogP contribution in [0.25, 0.3) is 0 Å². The molecule has 116 valence electrons. The van der Waals surface area contributed by atoms with Crippen LogP contribution in [0.2, 0.25) is 0 Å². The van der Waals surface area contributed by atoms with Gasteiger partial charge < -0.3 is 10.6 Å². The van der Waals surface area contributed by atoms with Crippen molar-refractivity contribution in [1.29, 1.82) is 0 Å². The van der Waals surface area contributed by atoms with Crippen LogP contribution in [0.4, 0.5) is 5.69 Å². The highest BCUT2D eigenvalue weighted by Gasteiger charge is 2.27. The molecule has 21 heavy (non-hydrogen) atoms. The maximum atomic E-state index is 12.4. The Morgan fingerprint density at radius 2 is 2.19 bits per heavy atom. The highest BCUT2D eigenvalue weighted by molar-refractivity contribution is 5.99. The van der Waals surface area contributed by atoms with Crippen LogP contribution in [0.3, 0.4) is 0 Å². The van der Waals surface area contributed by atoms with Crippen molar-refractivity contribution >= 4 is 24.0 Å². The van der Waals surface area contributed by atoms with Gasteiger partial charge in [0.15, 0.2) is 0 Å². The third kappa shape index (κ3) is 3.92. The van der Waals surface area contributed by atoms with Gasteiger partial charge >= 0.3 is 0 Å². The lowest BCUT2D eigenvalue weighted by atomic mass is 9.98. The van der Waals surface area contributed by atoms with E-state index in [-0.39, 0.29) is 41.6 Å². The number of nitrogens with one attached hydrogen (secondary N) is 2. The number of amides is 1. The first-order valence-corrected chi connectivity index (χ1v) is 6.79. The van der Waals surface area contributed by atoms with Gasteiger partial charge in [0.1, 0.15) is 5.56 Å². The number of rotatable bonds is 3. The molecule has 0 bridgehead atoms. The van der Waals surface area contributed by atoms with Crippen molar-refractivity contribution < 1.29 is 9.72 Å². The first-order valence-electron chi connectivity index (χ1n) is 6.79. The molecule has 1 aromatic carbocycles. The minimum atomic E-state index is -0.509. The number of carbonyl (C=O) groups is 1. The van der Waals surface area contributed by atoms with Gasteiger partial charge in [-0.3, -0.25) is 14.9 Å². The number of hydrogen-bond donors (Lipinski definition) is 2. The smallest absolute Gasteiger partial charge is 0.282 e. The molecule has 1 heterocycles. The summed E-state index contributed by atoms with van der Waals surface area (Å²) in [6.45, 7) is 4.67. The molecule has 2 atom stereocenters. The molecule has 1 aliphatic rings. The lowest BCUT2D eigenvalue weighted by Crippen LogP contribution is -2.52. The van der Waals surface area contributed by atoms with E-state index < -0.39 is 4.92 Å². The molecule has 0 spiro atoms. The fraction of sp³-hybridized carbons (Fsp3) is 0.500. The summed E-state index contributed by atoms with van der Waals surface area (Å²) < 4.78 is 0. The molecule has 2 unspecified atom stereocenters. The van der Waals surface area contributed by atoms with Gasteiger partial charge in [-0.2, -0.15) is 0 Å². The standard InChI is InChI=1S/C14H19N3O3.ClH/c1-9-5-3-7-12(17(19)20)13(9)14(18)16-11-6-4-8-15-10(11)2;/h3,5,7,10-11,15H,4,6,8H2,1-2H3,(H,16,18);1H. The van der Waals surface area contributed by atoms with E-state index in [1.807, 2.05) is 6.92 Å². The Balaban J connectivity index is 0.00000220. The van der Waals surface area contributed by atoms with E-state index in [0.29, 0.717) is 5.56 Å². The maximum Gasteiger partial charge on any atom is 0.282 e. The molecule has 0 aromatic heterocycles. The molecule has 0 saturated carbocycles. The fourth-order valence-corrected chi connectivity index (χ4v) is 2.58. The van der Waals surface area contributed by atoms with Crippen LogP contribution >= 0.6 is 12.4 Å². The van der Waals surface area contributed by atoms with Crippen molar-refractivity contribution in [2.75, 3.05) is 6.54 Å². The first kappa shape index (κ1) is 17.4. The van der Waals surface area contributed by atoms with E-state index >= 15 is 0 Å². The summed E-state index contributed by atoms with van der Waals surface area (Å²) in [5.41, 5.74) is 0.641. The number of hydrogen-bond acceptors (Lipinski definition) is 4. The van der Waals surface area contributed by atoms with E-state index in [1.54, 1.807) is 19.1 Å². The maximum absolute atomic E-state index is 12.4. The van der Waals surface area contributed by atoms with Gasteiger partial charge in [-0.15, -0.1) is 12.4 Å². The van der Waals surface area contributed by atoms with E-state index in [4.69, 9.17) is 0 Å². The van der Waals surface area contributed by atoms with Crippen LogP contribution in [-0.2, 0) is 0 Å². The summed E-state index contributed by atoms with van der Waals surface area (Å²) in [7, 11) is 0. The number of aryl methyl sites for hydroxylation is 1. The van der Waals surface area contributed by atoms with Crippen LogP contribution in [0, 0.1) is 17.0 Å². The van der Waals surface area contributed by atoms with Crippen molar-refractivity contribution in [1.82, 2.24) is 10.6 Å². The van der Waals surface area contributed by atoms with Gasteiger partial charge in [0.2, 0.25) is 0 Å². The van der Waals surface area contributed by atoms with E-state index in [1.165, 1.54) is 6.07 Å². The normalized spacial score (nSPS) is 21.2. The van der Waals surface area contributed by atoms with E-state index in [0.717, 1.165) is 19.4 Å². The third-order valence-corrected chi connectivity index (χ3v) is 3.75. The summed E-state index contributed by atoms with van der Waals surface area (Å²) in [4.78, 5) is 22.9. The Kier molecular flexibility index (Phi) is 6.11. The third-order valence-electron chi connectivity index (χ3n) is 3.75. The average molecular weight is 314 g/mol. The highest BCUT2D eigenvalue weighted by Crippen LogP contribution is 2.22. The van der Waals surface area contributed by atoms with E-state index in [9.17, 15) is 14.9 Å². The van der Waals surface area contributed by atoms with Crippen LogP contribution in [0.5, 0.6) is 0 Å². The predicted molar refractivity (Wildman–Crippen MR) is 83.0 cm³/mol. The zero-order valence-corrected chi connectivity index (χ0v) is 12.9. The second kappa shape index (κ2) is 7.38. The lowest BCUT2D eigenvalue weighted by Gasteiger charge is -2.30. The Morgan fingerprint density at radius 3 is 2.81 bits per heavy atom. The van der Waals surface area contributed by atoms with Gasteiger partial charge in [0.25, 0.3) is 11.6 Å². The van der Waals surface area contributed by atoms with Crippen molar-refractivity contribution in [3.8, 4) is 0 Å². The quantitative estimate of drug-likeness (QED) is 0.662. The van der Waals surface area contributed by atoms with Gasteiger partial charge in [-0.1, -0.05) is 12.1 Å². The first-order chi connectivity index (χ1) is 9.50. The number of nitro groups is 1. The zero-order valence-electron chi connectivity index (χ0n) is 12.1. The molecule has 1 saturated heterocycles. The lowest BCUT2D eigenvalue weighted by molar-refractivity contribution is -0.385. The second-order valence-electron chi connectivity index (χ2n) is 5.19. The van der Waals surface area contributed by atoms with Crippen molar-refractivity contribution in [2.24, 2.45) is 0 Å². The molecule has 6 nitrogen and oxygen atoms in total. The van der Waals surface area contributed by atoms with Crippen LogP contribution < -0.4 is 10.6 Å². The monoisotopic (exact) mass is 313 g/mol. The number of nitro benzene ring substituents is 1. The summed E-state index contributed by atoms with van der Waals surface area (Å²) >= 11 is 0. The molecular weight excluding hydrogens is 294 g/mol. The van der Waals surface area contributed by atoms with E-state index in [2.05, 4.69) is 10.6 Å². The van der Waals surface area contributed by atoms with Gasteiger partial charge in [-0.25, -0.2) is 0 Å². The molecule has 0 aliphatic carbocycles. The summed E-state index contributed by atoms with van der Waals surface area (Å²) in [6.07, 6.45) is 1.88.